The SMILES string of the molecule is Cc1cc(C[C@@H](C(=O)N2CCN(S(C)(=O)=O)CC2)N(C)C(=O)[C@H](C(C)C)N(C)C(=O)[C@@H](N)Cc2ccc(F)cc2)ccc1O. The molecule has 3 atom stereocenters. The van der Waals surface area contributed by atoms with Crippen LogP contribution in [-0.4, -0.2) is 115 Å². The summed E-state index contributed by atoms with van der Waals surface area (Å²) < 4.78 is 38.7. The number of phenols is 1. The Morgan fingerprint density at radius 2 is 1.50 bits per heavy atom. The number of amides is 3. The third-order valence-electron chi connectivity index (χ3n) is 8.15. The van der Waals surface area contributed by atoms with Crippen molar-refractivity contribution < 1.29 is 32.3 Å². The van der Waals surface area contributed by atoms with E-state index in [0.29, 0.717) is 11.1 Å². The summed E-state index contributed by atoms with van der Waals surface area (Å²) in [6.45, 7) is 5.97. The first kappa shape index (κ1) is 34.9. The number of piperazine rings is 1. The number of aromatic hydroxyl groups is 1. The molecule has 0 saturated carbocycles. The molecule has 0 bridgehead atoms. The second kappa shape index (κ2) is 14.5. The zero-order valence-electron chi connectivity index (χ0n) is 26.2. The molecule has 3 amide bonds. The van der Waals surface area contributed by atoms with Gasteiger partial charge in [0, 0.05) is 46.7 Å². The lowest BCUT2D eigenvalue weighted by Gasteiger charge is -2.40. The van der Waals surface area contributed by atoms with Crippen LogP contribution in [0.4, 0.5) is 4.39 Å². The van der Waals surface area contributed by atoms with E-state index < -0.39 is 45.8 Å². The van der Waals surface area contributed by atoms with Crippen molar-refractivity contribution >= 4 is 27.7 Å². The minimum Gasteiger partial charge on any atom is -0.508 e. The van der Waals surface area contributed by atoms with Crippen LogP contribution >= 0.6 is 0 Å². The smallest absolute Gasteiger partial charge is 0.246 e. The van der Waals surface area contributed by atoms with E-state index in [4.69, 9.17) is 5.73 Å². The van der Waals surface area contributed by atoms with Crippen molar-refractivity contribution in [1.82, 2.24) is 19.0 Å². The Labute approximate surface area is 259 Å². The highest BCUT2D eigenvalue weighted by atomic mass is 32.2. The molecule has 0 aliphatic carbocycles. The standard InChI is InChI=1S/C31H44FN5O6S/c1-20(2)28(35(5)29(39)25(33)18-22-7-10-24(32)11-8-22)31(41)34(4)26(19-23-9-12-27(38)21(3)17-23)30(40)36-13-15-37(16-14-36)44(6,42)43/h7-12,17,20,25-26,28,38H,13-16,18-19,33H2,1-6H3/t25-,26-,28-/m0/s1. The minimum atomic E-state index is -3.41. The van der Waals surface area contributed by atoms with E-state index in [0.717, 1.165) is 11.8 Å². The molecule has 1 aliphatic heterocycles. The summed E-state index contributed by atoms with van der Waals surface area (Å²) in [5.41, 5.74) is 8.26. The van der Waals surface area contributed by atoms with Crippen molar-refractivity contribution in [3.63, 3.8) is 0 Å². The van der Waals surface area contributed by atoms with Crippen molar-refractivity contribution in [2.75, 3.05) is 46.5 Å². The van der Waals surface area contributed by atoms with E-state index >= 15 is 0 Å². The third-order valence-corrected chi connectivity index (χ3v) is 9.45. The second-order valence-electron chi connectivity index (χ2n) is 11.9. The first-order valence-corrected chi connectivity index (χ1v) is 16.4. The van der Waals surface area contributed by atoms with Crippen LogP contribution in [0.1, 0.15) is 30.5 Å². The van der Waals surface area contributed by atoms with Crippen molar-refractivity contribution in [2.24, 2.45) is 11.7 Å². The maximum absolute atomic E-state index is 14.1. The largest absolute Gasteiger partial charge is 0.508 e. The van der Waals surface area contributed by atoms with Gasteiger partial charge in [-0.25, -0.2) is 12.8 Å². The Hall–Kier alpha value is -3.55. The molecule has 1 saturated heterocycles. The predicted molar refractivity (Wildman–Crippen MR) is 166 cm³/mol. The van der Waals surface area contributed by atoms with Gasteiger partial charge in [0.05, 0.1) is 12.3 Å². The zero-order valence-corrected chi connectivity index (χ0v) is 27.1. The number of likely N-dealkylation sites (N-methyl/N-ethyl adjacent to an activating group) is 2. The van der Waals surface area contributed by atoms with Crippen LogP contribution in [0.15, 0.2) is 42.5 Å². The normalized spacial score (nSPS) is 16.3. The van der Waals surface area contributed by atoms with E-state index in [1.54, 1.807) is 49.9 Å². The Morgan fingerprint density at radius 3 is 2.02 bits per heavy atom. The number of aryl methyl sites for hydroxylation is 1. The van der Waals surface area contributed by atoms with E-state index in [1.807, 2.05) is 0 Å². The van der Waals surface area contributed by atoms with Crippen LogP contribution in [0.25, 0.3) is 0 Å². The summed E-state index contributed by atoms with van der Waals surface area (Å²) in [5, 5.41) is 10.0. The van der Waals surface area contributed by atoms with Crippen LogP contribution in [0.3, 0.4) is 0 Å². The summed E-state index contributed by atoms with van der Waals surface area (Å²) in [7, 11) is -0.375. The topological polar surface area (TPSA) is 145 Å². The maximum Gasteiger partial charge on any atom is 0.246 e. The fourth-order valence-corrected chi connectivity index (χ4v) is 6.36. The first-order valence-electron chi connectivity index (χ1n) is 14.6. The van der Waals surface area contributed by atoms with Gasteiger partial charge in [-0.1, -0.05) is 38.1 Å². The molecule has 1 heterocycles. The highest BCUT2D eigenvalue weighted by molar-refractivity contribution is 7.88. The maximum atomic E-state index is 14.1. The fourth-order valence-electron chi connectivity index (χ4n) is 5.53. The number of hydrogen-bond acceptors (Lipinski definition) is 7. The Morgan fingerprint density at radius 1 is 0.932 bits per heavy atom. The van der Waals surface area contributed by atoms with Gasteiger partial charge < -0.3 is 25.5 Å². The average Bonchev–Trinajstić information content (AvgIpc) is 2.97. The molecule has 1 fully saturated rings. The number of nitrogens with two attached hydrogens (primary N) is 1. The van der Waals surface area contributed by atoms with Crippen LogP contribution in [-0.2, 0) is 37.2 Å². The van der Waals surface area contributed by atoms with E-state index in [2.05, 4.69) is 0 Å². The van der Waals surface area contributed by atoms with Gasteiger partial charge in [-0.15, -0.1) is 0 Å². The molecule has 2 aromatic rings. The van der Waals surface area contributed by atoms with E-state index in [9.17, 15) is 32.3 Å². The van der Waals surface area contributed by atoms with Crippen LogP contribution < -0.4 is 5.73 Å². The molecule has 11 nitrogen and oxygen atoms in total. The molecule has 13 heteroatoms. The van der Waals surface area contributed by atoms with Gasteiger partial charge in [0.1, 0.15) is 23.7 Å². The number of phenolic OH excluding ortho intramolecular Hbond substituents is 1. The Balaban J connectivity index is 1.86. The lowest BCUT2D eigenvalue weighted by Crippen LogP contribution is -2.60. The van der Waals surface area contributed by atoms with Crippen LogP contribution in [0, 0.1) is 18.7 Å². The fraction of sp³-hybridized carbons (Fsp3) is 0.516. The number of halogens is 1. The van der Waals surface area contributed by atoms with Gasteiger partial charge in [0.25, 0.3) is 0 Å². The second-order valence-corrected chi connectivity index (χ2v) is 13.8. The molecule has 0 spiro atoms. The number of benzene rings is 2. The van der Waals surface area contributed by atoms with Crippen molar-refractivity contribution in [2.45, 2.75) is 51.7 Å². The molecule has 242 valence electrons. The highest BCUT2D eigenvalue weighted by Gasteiger charge is 2.39. The summed E-state index contributed by atoms with van der Waals surface area (Å²) in [5.74, 6) is -1.89. The lowest BCUT2D eigenvalue weighted by atomic mass is 9.96. The zero-order chi connectivity index (χ0) is 32.9. The number of nitrogens with zero attached hydrogens (tertiary/aromatic N) is 4. The average molecular weight is 634 g/mol. The number of hydrogen-bond donors (Lipinski definition) is 2. The molecule has 3 N–H and O–H groups in total. The minimum absolute atomic E-state index is 0.106. The molecule has 1 aliphatic rings. The van der Waals surface area contributed by atoms with Gasteiger partial charge in [-0.3, -0.25) is 14.4 Å². The number of rotatable bonds is 11. The van der Waals surface area contributed by atoms with Gasteiger partial charge in [-0.2, -0.15) is 4.31 Å². The van der Waals surface area contributed by atoms with Gasteiger partial charge in [0.15, 0.2) is 0 Å². The first-order chi connectivity index (χ1) is 20.5. The number of carbonyl (C=O) groups is 3. The molecule has 44 heavy (non-hydrogen) atoms. The monoisotopic (exact) mass is 633 g/mol. The van der Waals surface area contributed by atoms with Gasteiger partial charge >= 0.3 is 0 Å². The quantitative estimate of drug-likeness (QED) is 0.380. The van der Waals surface area contributed by atoms with Gasteiger partial charge in [0.2, 0.25) is 27.7 Å². The summed E-state index contributed by atoms with van der Waals surface area (Å²) in [4.78, 5) is 45.7. The summed E-state index contributed by atoms with van der Waals surface area (Å²) in [6, 6.07) is 7.78. The van der Waals surface area contributed by atoms with Crippen LogP contribution in [0.5, 0.6) is 5.75 Å². The molecule has 0 radical (unpaired) electrons. The molecule has 2 aromatic carbocycles. The van der Waals surface area contributed by atoms with Crippen molar-refractivity contribution in [1.29, 1.82) is 0 Å². The molecular weight excluding hydrogens is 589 g/mol. The molecule has 0 aromatic heterocycles. The lowest BCUT2D eigenvalue weighted by molar-refractivity contribution is -0.152. The third kappa shape index (κ3) is 8.54. The Bertz CT molecular complexity index is 1440. The molecular formula is C31H44FN5O6S. The van der Waals surface area contributed by atoms with Crippen molar-refractivity contribution in [3.8, 4) is 5.75 Å². The Kier molecular flexibility index (Phi) is 11.5. The highest BCUT2D eigenvalue weighted by Crippen LogP contribution is 2.22. The number of carbonyl (C=O) groups excluding carboxylic acids is 3. The van der Waals surface area contributed by atoms with E-state index in [-0.39, 0.29) is 56.6 Å². The summed E-state index contributed by atoms with van der Waals surface area (Å²) >= 11 is 0. The van der Waals surface area contributed by atoms with Crippen LogP contribution in [0.2, 0.25) is 0 Å². The molecule has 3 rings (SSSR count). The van der Waals surface area contributed by atoms with Gasteiger partial charge in [-0.05, 0) is 54.2 Å². The molecule has 0 unspecified atom stereocenters. The van der Waals surface area contributed by atoms with E-state index in [1.165, 1.54) is 46.4 Å². The predicted octanol–water partition coefficient (Wildman–Crippen LogP) is 1.37. The van der Waals surface area contributed by atoms with Crippen molar-refractivity contribution in [3.05, 3.63) is 65.0 Å². The summed E-state index contributed by atoms with van der Waals surface area (Å²) in [6.07, 6.45) is 1.42. The number of sulfonamides is 1.